The second kappa shape index (κ2) is 9.46. The van der Waals surface area contributed by atoms with Crippen LogP contribution >= 0.6 is 0 Å². The van der Waals surface area contributed by atoms with Crippen LogP contribution in [0.3, 0.4) is 0 Å². The van der Waals surface area contributed by atoms with Crippen LogP contribution in [0.25, 0.3) is 0 Å². The summed E-state index contributed by atoms with van der Waals surface area (Å²) >= 11 is 0. The first kappa shape index (κ1) is 21.6. The van der Waals surface area contributed by atoms with E-state index in [0.717, 1.165) is 11.1 Å². The van der Waals surface area contributed by atoms with Crippen molar-refractivity contribution in [2.24, 2.45) is 5.92 Å². The molecule has 0 aliphatic rings. The lowest BCUT2D eigenvalue weighted by Gasteiger charge is -2.27. The number of aryl methyl sites for hydroxylation is 1. The van der Waals surface area contributed by atoms with Gasteiger partial charge in [0.1, 0.15) is 12.1 Å². The van der Waals surface area contributed by atoms with Gasteiger partial charge in [0.2, 0.25) is 10.0 Å². The Morgan fingerprint density at radius 3 is 2.15 bits per heavy atom. The first-order valence-corrected chi connectivity index (χ1v) is 10.8. The van der Waals surface area contributed by atoms with Crippen molar-refractivity contribution in [3.8, 4) is 0 Å². The highest BCUT2D eigenvalue weighted by atomic mass is 32.2. The van der Waals surface area contributed by atoms with Gasteiger partial charge in [0.15, 0.2) is 0 Å². The lowest BCUT2D eigenvalue weighted by atomic mass is 10.0. The highest BCUT2D eigenvalue weighted by molar-refractivity contribution is 7.89. The van der Waals surface area contributed by atoms with Gasteiger partial charge in [-0.2, -0.15) is 4.31 Å². The third-order valence-corrected chi connectivity index (χ3v) is 6.35. The van der Waals surface area contributed by atoms with Crippen LogP contribution in [0.5, 0.6) is 0 Å². The van der Waals surface area contributed by atoms with E-state index in [1.807, 2.05) is 51.1 Å². The second-order valence-electron chi connectivity index (χ2n) is 7.55. The third kappa shape index (κ3) is 6.14. The zero-order valence-electron chi connectivity index (χ0n) is 16.4. The van der Waals surface area contributed by atoms with E-state index >= 15 is 0 Å². The van der Waals surface area contributed by atoms with Crippen molar-refractivity contribution in [2.75, 3.05) is 13.1 Å². The Bertz CT molecular complexity index is 805. The molecule has 0 saturated carbocycles. The van der Waals surface area contributed by atoms with Crippen molar-refractivity contribution in [2.45, 2.75) is 44.2 Å². The Labute approximate surface area is 162 Å². The van der Waals surface area contributed by atoms with Gasteiger partial charge >= 0.3 is 0 Å². The summed E-state index contributed by atoms with van der Waals surface area (Å²) in [5.41, 5.74) is 6.14. The number of sulfonamides is 1. The van der Waals surface area contributed by atoms with Gasteiger partial charge in [0.05, 0.1) is 4.90 Å². The van der Waals surface area contributed by atoms with Crippen LogP contribution in [0.2, 0.25) is 0 Å². The summed E-state index contributed by atoms with van der Waals surface area (Å²) in [5.74, 6) is 0.148. The number of quaternary nitrogens is 1. The highest BCUT2D eigenvalue weighted by Crippen LogP contribution is 2.19. The average molecular weight is 392 g/mol. The fraction of sp³-hybridized carbons (Fsp3) is 0.429. The molecule has 2 atom stereocenters. The lowest BCUT2D eigenvalue weighted by molar-refractivity contribution is -0.437. The molecule has 0 amide bonds. The Hall–Kier alpha value is -1.73. The molecule has 148 valence electrons. The molecule has 0 aliphatic heterocycles. The van der Waals surface area contributed by atoms with Gasteiger partial charge in [-0.3, -0.25) is 0 Å². The largest absolute Gasteiger partial charge is 0.386 e. The van der Waals surface area contributed by atoms with Gasteiger partial charge in [-0.25, -0.2) is 8.42 Å². The number of aliphatic hydroxyl groups excluding tert-OH is 1. The summed E-state index contributed by atoms with van der Waals surface area (Å²) in [6.07, 6.45) is -0.244. The maximum atomic E-state index is 13.1. The fourth-order valence-electron chi connectivity index (χ4n) is 2.95. The molecule has 0 spiro atoms. The molecule has 4 N–H and O–H groups in total. The molecule has 0 fully saturated rings. The minimum atomic E-state index is -3.67. The lowest BCUT2D eigenvalue weighted by Crippen LogP contribution is -2.69. The molecule has 5 nitrogen and oxygen atoms in total. The molecule has 0 aromatic heterocycles. The number of hydrogen-bond acceptors (Lipinski definition) is 3. The molecule has 2 aromatic carbocycles. The van der Waals surface area contributed by atoms with Gasteiger partial charge < -0.3 is 10.8 Å². The van der Waals surface area contributed by atoms with E-state index in [1.165, 1.54) is 4.31 Å². The summed E-state index contributed by atoms with van der Waals surface area (Å²) < 4.78 is 27.6. The molecule has 27 heavy (non-hydrogen) atoms. The van der Waals surface area contributed by atoms with Crippen molar-refractivity contribution >= 4 is 10.0 Å². The molecule has 2 aromatic rings. The Morgan fingerprint density at radius 2 is 1.59 bits per heavy atom. The molecule has 6 heteroatoms. The molecule has 0 unspecified atom stereocenters. The summed E-state index contributed by atoms with van der Waals surface area (Å²) in [4.78, 5) is 0.254. The van der Waals surface area contributed by atoms with E-state index in [-0.39, 0.29) is 23.4 Å². The Kier molecular flexibility index (Phi) is 7.56. The number of benzene rings is 2. The van der Waals surface area contributed by atoms with Crippen molar-refractivity contribution in [3.05, 3.63) is 65.7 Å². The fourth-order valence-corrected chi connectivity index (χ4v) is 4.57. The number of rotatable bonds is 9. The van der Waals surface area contributed by atoms with Gasteiger partial charge in [0.25, 0.3) is 0 Å². The molecule has 0 radical (unpaired) electrons. The highest BCUT2D eigenvalue weighted by Gasteiger charge is 2.30. The van der Waals surface area contributed by atoms with Crippen LogP contribution in [-0.4, -0.2) is 43.1 Å². The maximum Gasteiger partial charge on any atom is 0.243 e. The predicted molar refractivity (Wildman–Crippen MR) is 108 cm³/mol. The van der Waals surface area contributed by atoms with E-state index in [9.17, 15) is 13.5 Å². The van der Waals surface area contributed by atoms with Crippen molar-refractivity contribution in [1.29, 1.82) is 0 Å². The van der Waals surface area contributed by atoms with Gasteiger partial charge in [-0.1, -0.05) is 61.9 Å². The minimum Gasteiger partial charge on any atom is -0.386 e. The summed E-state index contributed by atoms with van der Waals surface area (Å²) in [6.45, 7) is 6.25. The van der Waals surface area contributed by atoms with Gasteiger partial charge in [-0.15, -0.1) is 0 Å². The van der Waals surface area contributed by atoms with Crippen molar-refractivity contribution in [3.63, 3.8) is 0 Å². The average Bonchev–Trinajstić information content (AvgIpc) is 2.62. The van der Waals surface area contributed by atoms with Crippen LogP contribution < -0.4 is 5.73 Å². The van der Waals surface area contributed by atoms with E-state index in [1.54, 1.807) is 24.3 Å². The topological polar surface area (TPSA) is 85.2 Å². The smallest absolute Gasteiger partial charge is 0.243 e. The predicted octanol–water partition coefficient (Wildman–Crippen LogP) is 1.86. The number of nitrogens with zero attached hydrogens (tertiary/aromatic N) is 1. The van der Waals surface area contributed by atoms with E-state index in [0.29, 0.717) is 13.0 Å². The van der Waals surface area contributed by atoms with E-state index < -0.39 is 16.1 Å². The number of hydrogen-bond donors (Lipinski definition) is 2. The second-order valence-corrected chi connectivity index (χ2v) is 9.48. The Balaban J connectivity index is 2.16. The maximum absolute atomic E-state index is 13.1. The third-order valence-electron chi connectivity index (χ3n) is 4.50. The Morgan fingerprint density at radius 1 is 1.00 bits per heavy atom. The monoisotopic (exact) mass is 391 g/mol. The molecule has 0 saturated heterocycles. The van der Waals surface area contributed by atoms with Crippen LogP contribution in [0.4, 0.5) is 0 Å². The first-order chi connectivity index (χ1) is 12.7. The molecule has 0 heterocycles. The van der Waals surface area contributed by atoms with Crippen LogP contribution in [-0.2, 0) is 16.4 Å². The van der Waals surface area contributed by atoms with E-state index in [4.69, 9.17) is 0 Å². The normalized spacial score (nSPS) is 14.5. The SMILES string of the molecule is Cc1ccc(S(=O)(=O)N(CC(C)C)C[C@@H](O)[C@@H]([NH3+])Cc2ccccc2)cc1. The standard InChI is InChI=1S/C21H30N2O3S/c1-16(2)14-23(27(25,26)19-11-9-17(3)10-12-19)15-21(24)20(22)13-18-7-5-4-6-8-18/h4-12,16,20-21,24H,13-15,22H2,1-3H3/p+1/t20-,21+/m0/s1. The van der Waals surface area contributed by atoms with Crippen molar-refractivity contribution < 1.29 is 19.3 Å². The van der Waals surface area contributed by atoms with Crippen molar-refractivity contribution in [1.82, 2.24) is 4.31 Å². The van der Waals surface area contributed by atoms with Crippen LogP contribution in [0.15, 0.2) is 59.5 Å². The zero-order valence-corrected chi connectivity index (χ0v) is 17.2. The zero-order chi connectivity index (χ0) is 20.0. The summed E-state index contributed by atoms with van der Waals surface area (Å²) in [5, 5.41) is 10.6. The summed E-state index contributed by atoms with van der Waals surface area (Å²) in [6, 6.07) is 16.3. The minimum absolute atomic E-state index is 0.0371. The molecular weight excluding hydrogens is 360 g/mol. The number of aliphatic hydroxyl groups is 1. The van der Waals surface area contributed by atoms with Gasteiger partial charge in [-0.05, 0) is 30.5 Å². The molecule has 0 aliphatic carbocycles. The first-order valence-electron chi connectivity index (χ1n) is 9.32. The molecule has 0 bridgehead atoms. The van der Waals surface area contributed by atoms with E-state index in [2.05, 4.69) is 5.73 Å². The van der Waals surface area contributed by atoms with Crippen LogP contribution in [0.1, 0.15) is 25.0 Å². The van der Waals surface area contributed by atoms with Crippen LogP contribution in [0, 0.1) is 12.8 Å². The molecule has 2 rings (SSSR count). The molecular formula is C21H31N2O3S+. The van der Waals surface area contributed by atoms with Gasteiger partial charge in [0, 0.05) is 19.5 Å². The quantitative estimate of drug-likeness (QED) is 0.684. The summed E-state index contributed by atoms with van der Waals surface area (Å²) in [7, 11) is -3.67.